The molecule has 0 spiro atoms. The Labute approximate surface area is 279 Å². The zero-order valence-corrected chi connectivity index (χ0v) is 29.1. The highest BCUT2D eigenvalue weighted by molar-refractivity contribution is 7.80. The number of benzene rings is 5. The molecular formula is C43H47NP2. The summed E-state index contributed by atoms with van der Waals surface area (Å²) >= 11 is 0. The largest absolute Gasteiger partial charge is 0.302 e. The fraction of sp³-hybridized carbons (Fsp3) is 0.302. The molecule has 1 nitrogen and oxygen atoms in total. The topological polar surface area (TPSA) is 3.24 Å². The molecule has 0 N–H and O–H groups in total. The fourth-order valence-electron chi connectivity index (χ4n) is 8.76. The second-order valence-electron chi connectivity index (χ2n) is 13.5. The molecule has 5 aromatic rings. The van der Waals surface area contributed by atoms with Crippen molar-refractivity contribution in [3.05, 3.63) is 151 Å². The predicted octanol–water partition coefficient (Wildman–Crippen LogP) is 8.77. The molecule has 5 aromatic carbocycles. The average Bonchev–Trinajstić information content (AvgIpc) is 3.79. The summed E-state index contributed by atoms with van der Waals surface area (Å²) in [4.78, 5) is 2.58. The van der Waals surface area contributed by atoms with E-state index in [0.29, 0.717) is 17.6 Å². The highest BCUT2D eigenvalue weighted by atomic mass is 31.1. The molecule has 0 bridgehead atoms. The molecule has 0 aliphatic heterocycles. The molecule has 2 unspecified atom stereocenters. The molecule has 4 atom stereocenters. The minimum atomic E-state index is -0.697. The van der Waals surface area contributed by atoms with Crippen LogP contribution in [0, 0.1) is 17.8 Å². The van der Waals surface area contributed by atoms with Gasteiger partial charge in [0.05, 0.1) is 0 Å². The lowest BCUT2D eigenvalue weighted by Crippen LogP contribution is -2.40. The van der Waals surface area contributed by atoms with Crippen molar-refractivity contribution in [3.63, 3.8) is 0 Å². The van der Waals surface area contributed by atoms with Gasteiger partial charge >= 0.3 is 0 Å². The fourth-order valence-corrected chi connectivity index (χ4v) is 14.7. The van der Waals surface area contributed by atoms with E-state index in [-0.39, 0.29) is 0 Å². The van der Waals surface area contributed by atoms with E-state index < -0.39 is 15.8 Å². The molecule has 2 aliphatic carbocycles. The van der Waals surface area contributed by atoms with E-state index in [1.807, 2.05) is 0 Å². The minimum Gasteiger partial charge on any atom is -0.302 e. The van der Waals surface area contributed by atoms with Crippen LogP contribution in [0.5, 0.6) is 0 Å². The van der Waals surface area contributed by atoms with Crippen molar-refractivity contribution in [2.24, 2.45) is 17.8 Å². The molecule has 2 fully saturated rings. The van der Waals surface area contributed by atoms with Crippen LogP contribution in [0.3, 0.4) is 0 Å². The lowest BCUT2D eigenvalue weighted by molar-refractivity contribution is 0.209. The van der Waals surface area contributed by atoms with Gasteiger partial charge in [-0.25, -0.2) is 0 Å². The maximum absolute atomic E-state index is 2.58. The number of hydrogen-bond donors (Lipinski definition) is 0. The summed E-state index contributed by atoms with van der Waals surface area (Å²) in [5, 5.41) is 7.46. The molecule has 3 heteroatoms. The van der Waals surface area contributed by atoms with Crippen molar-refractivity contribution < 1.29 is 0 Å². The van der Waals surface area contributed by atoms with Gasteiger partial charge in [0.2, 0.25) is 0 Å². The minimum absolute atomic E-state index is 0.349. The molecule has 2 saturated carbocycles. The van der Waals surface area contributed by atoms with Gasteiger partial charge in [0.15, 0.2) is 0 Å². The van der Waals surface area contributed by atoms with Crippen molar-refractivity contribution in [2.45, 2.75) is 50.2 Å². The van der Waals surface area contributed by atoms with Crippen molar-refractivity contribution >= 4 is 42.4 Å². The van der Waals surface area contributed by atoms with Gasteiger partial charge in [0, 0.05) is 6.04 Å². The molecule has 0 amide bonds. The average molecular weight is 640 g/mol. The summed E-state index contributed by atoms with van der Waals surface area (Å²) in [7, 11) is 3.47. The summed E-state index contributed by atoms with van der Waals surface area (Å²) in [6, 6.07) is 55.6. The van der Waals surface area contributed by atoms with Crippen LogP contribution in [0.25, 0.3) is 0 Å². The first-order chi connectivity index (χ1) is 22.7. The van der Waals surface area contributed by atoms with E-state index in [0.717, 1.165) is 11.8 Å². The van der Waals surface area contributed by atoms with Gasteiger partial charge in [0.25, 0.3) is 0 Å². The Morgan fingerprint density at radius 2 is 0.978 bits per heavy atom. The maximum Gasteiger partial charge on any atom is 0.0383 e. The number of rotatable bonds is 10. The smallest absolute Gasteiger partial charge is 0.0383 e. The molecule has 0 aromatic heterocycles. The van der Waals surface area contributed by atoms with Crippen LogP contribution in [0.1, 0.15) is 50.1 Å². The summed E-state index contributed by atoms with van der Waals surface area (Å²) in [6.45, 7) is 0. The summed E-state index contributed by atoms with van der Waals surface area (Å²) in [6.07, 6.45) is 8.30. The SMILES string of the molecule is CN(C)[C@@H](c1ccccc1P(c1ccccc1)c1ccccc1)C1CCC(C2CCCC2)[C@@H]1P(c1ccccc1)c1ccccc1. The van der Waals surface area contributed by atoms with Gasteiger partial charge in [-0.3, -0.25) is 0 Å². The van der Waals surface area contributed by atoms with Gasteiger partial charge in [-0.2, -0.15) is 0 Å². The van der Waals surface area contributed by atoms with Gasteiger partial charge < -0.3 is 4.90 Å². The van der Waals surface area contributed by atoms with Gasteiger partial charge in [-0.05, 0) is 98.3 Å². The Morgan fingerprint density at radius 3 is 1.48 bits per heavy atom. The molecule has 0 heterocycles. The highest BCUT2D eigenvalue weighted by Crippen LogP contribution is 2.60. The van der Waals surface area contributed by atoms with Crippen LogP contribution >= 0.6 is 15.8 Å². The second-order valence-corrected chi connectivity index (χ2v) is 18.0. The van der Waals surface area contributed by atoms with Crippen LogP contribution in [-0.2, 0) is 0 Å². The first-order valence-electron chi connectivity index (χ1n) is 17.3. The van der Waals surface area contributed by atoms with Crippen LogP contribution < -0.4 is 26.5 Å². The zero-order valence-electron chi connectivity index (χ0n) is 27.3. The Balaban J connectivity index is 1.39. The second kappa shape index (κ2) is 14.8. The lowest BCUT2D eigenvalue weighted by atomic mass is 9.85. The van der Waals surface area contributed by atoms with E-state index in [4.69, 9.17) is 0 Å². The van der Waals surface area contributed by atoms with E-state index in [1.165, 1.54) is 60.0 Å². The highest BCUT2D eigenvalue weighted by Gasteiger charge is 2.49. The summed E-state index contributed by atoms with van der Waals surface area (Å²) in [5.41, 5.74) is 2.17. The normalized spacial score (nSPS) is 20.9. The van der Waals surface area contributed by atoms with Crippen LogP contribution in [-0.4, -0.2) is 24.7 Å². The molecule has 7 rings (SSSR count). The van der Waals surface area contributed by atoms with Crippen LogP contribution in [0.2, 0.25) is 0 Å². The standard InChI is InChI=1S/C43H47NP2/c1-44(2)42(39-29-17-18-30-41(39)45(34-21-7-3-8-22-34)35-23-9-4-10-24-35)40-32-31-38(33-19-15-16-20-33)43(40)46(36-25-11-5-12-26-36)37-27-13-6-14-28-37/h3-14,17-18,21-30,33,38,40,42-43H,15-16,19-20,31-32H2,1-2H3/t38?,40?,42-,43-/m0/s1. The quantitative estimate of drug-likeness (QED) is 0.138. The first-order valence-corrected chi connectivity index (χ1v) is 20.0. The molecule has 2 aliphatic rings. The first kappa shape index (κ1) is 31.5. The molecular weight excluding hydrogens is 592 g/mol. The molecule has 0 saturated heterocycles. The third-order valence-electron chi connectivity index (χ3n) is 10.6. The Morgan fingerprint density at radius 1 is 0.522 bits per heavy atom. The van der Waals surface area contributed by atoms with Gasteiger partial charge in [0.1, 0.15) is 0 Å². The third-order valence-corrected chi connectivity index (χ3v) is 16.2. The van der Waals surface area contributed by atoms with Crippen molar-refractivity contribution in [3.8, 4) is 0 Å². The third kappa shape index (κ3) is 6.53. The Hall–Kier alpha value is -3.08. The Bertz CT molecular complexity index is 1570. The predicted molar refractivity (Wildman–Crippen MR) is 203 cm³/mol. The van der Waals surface area contributed by atoms with Crippen LogP contribution in [0.4, 0.5) is 0 Å². The number of nitrogens with zero attached hydrogens (tertiary/aromatic N) is 1. The Kier molecular flexibility index (Phi) is 10.1. The van der Waals surface area contributed by atoms with E-state index in [1.54, 1.807) is 10.6 Å². The monoisotopic (exact) mass is 639 g/mol. The molecule has 0 radical (unpaired) electrons. The zero-order chi connectivity index (χ0) is 31.3. The van der Waals surface area contributed by atoms with E-state index in [2.05, 4.69) is 165 Å². The summed E-state index contributed by atoms with van der Waals surface area (Å²) < 4.78 is 0. The van der Waals surface area contributed by atoms with Crippen molar-refractivity contribution in [1.82, 2.24) is 4.90 Å². The molecule has 234 valence electrons. The summed E-state index contributed by atoms with van der Waals surface area (Å²) in [5.74, 6) is 2.21. The van der Waals surface area contributed by atoms with Crippen molar-refractivity contribution in [2.75, 3.05) is 14.1 Å². The lowest BCUT2D eigenvalue weighted by Gasteiger charge is -2.42. The number of hydrogen-bond acceptors (Lipinski definition) is 1. The van der Waals surface area contributed by atoms with E-state index >= 15 is 0 Å². The van der Waals surface area contributed by atoms with E-state index in [9.17, 15) is 0 Å². The maximum atomic E-state index is 2.58. The van der Waals surface area contributed by atoms with Gasteiger partial charge in [-0.15, -0.1) is 0 Å². The van der Waals surface area contributed by atoms with Gasteiger partial charge in [-0.1, -0.05) is 171 Å². The van der Waals surface area contributed by atoms with Crippen molar-refractivity contribution in [1.29, 1.82) is 0 Å². The van der Waals surface area contributed by atoms with Crippen LogP contribution in [0.15, 0.2) is 146 Å². The molecule has 46 heavy (non-hydrogen) atoms.